The van der Waals surface area contributed by atoms with E-state index in [9.17, 15) is 5.11 Å². The summed E-state index contributed by atoms with van der Waals surface area (Å²) >= 11 is 1.85. The molecule has 0 aromatic rings. The van der Waals surface area contributed by atoms with E-state index in [1.165, 1.54) is 0 Å². The van der Waals surface area contributed by atoms with Crippen LogP contribution in [0.2, 0.25) is 0 Å². The van der Waals surface area contributed by atoms with Gasteiger partial charge in [-0.1, -0.05) is 0 Å². The molecule has 0 radical (unpaired) electrons. The Balaban J connectivity index is 5.28. The van der Waals surface area contributed by atoms with E-state index >= 15 is 0 Å². The highest BCUT2D eigenvalue weighted by molar-refractivity contribution is 14.1. The van der Waals surface area contributed by atoms with E-state index < -0.39 is 6.10 Å². The van der Waals surface area contributed by atoms with Crippen LogP contribution >= 0.6 is 22.6 Å². The Bertz CT molecular complexity index is 349. The second-order valence-corrected chi connectivity index (χ2v) is 4.43. The van der Waals surface area contributed by atoms with E-state index in [1.54, 1.807) is 20.2 Å². The number of halogens is 1. The standard InChI is InChI=1S/C11H19IN4O/c1-4-16-6-8(5-13)10(17)9(11(12)14)7(2)15-3/h5-6,10,13-17H,4H2,1-3H3/b8-6+,9-7-,13-5?,14-11?. The van der Waals surface area contributed by atoms with Crippen molar-refractivity contribution in [2.45, 2.75) is 20.0 Å². The molecule has 1 unspecified atom stereocenters. The van der Waals surface area contributed by atoms with Gasteiger partial charge >= 0.3 is 0 Å². The molecule has 0 saturated carbocycles. The van der Waals surface area contributed by atoms with Crippen LogP contribution in [-0.4, -0.2) is 34.7 Å². The van der Waals surface area contributed by atoms with Crippen LogP contribution in [0.25, 0.3) is 0 Å². The second-order valence-electron chi connectivity index (χ2n) is 3.35. The van der Waals surface area contributed by atoms with Gasteiger partial charge in [-0.25, -0.2) is 0 Å². The fourth-order valence-corrected chi connectivity index (χ4v) is 1.91. The maximum absolute atomic E-state index is 10.2. The Kier molecular flexibility index (Phi) is 7.81. The topological polar surface area (TPSA) is 92.0 Å². The third kappa shape index (κ3) is 4.86. The van der Waals surface area contributed by atoms with Crippen molar-refractivity contribution < 1.29 is 5.11 Å². The molecule has 0 aliphatic heterocycles. The molecule has 0 fully saturated rings. The second kappa shape index (κ2) is 8.24. The quantitative estimate of drug-likeness (QED) is 0.355. The van der Waals surface area contributed by atoms with E-state index in [4.69, 9.17) is 10.8 Å². The smallest absolute Gasteiger partial charge is 0.111 e. The molecular weight excluding hydrogens is 331 g/mol. The molecule has 0 saturated heterocycles. The van der Waals surface area contributed by atoms with Crippen molar-refractivity contribution in [2.75, 3.05) is 13.6 Å². The molecule has 0 aliphatic carbocycles. The Morgan fingerprint density at radius 3 is 2.47 bits per heavy atom. The minimum Gasteiger partial charge on any atom is -0.391 e. The monoisotopic (exact) mass is 350 g/mol. The Morgan fingerprint density at radius 1 is 1.53 bits per heavy atom. The largest absolute Gasteiger partial charge is 0.391 e. The number of hydrogen-bond acceptors (Lipinski definition) is 5. The molecule has 5 nitrogen and oxygen atoms in total. The lowest BCUT2D eigenvalue weighted by molar-refractivity contribution is 0.257. The van der Waals surface area contributed by atoms with Crippen LogP contribution in [0.4, 0.5) is 0 Å². The summed E-state index contributed by atoms with van der Waals surface area (Å²) in [4.78, 5) is 0. The zero-order valence-electron chi connectivity index (χ0n) is 10.3. The summed E-state index contributed by atoms with van der Waals surface area (Å²) in [5.41, 5.74) is 1.64. The van der Waals surface area contributed by atoms with E-state index in [-0.39, 0.29) is 3.72 Å². The van der Waals surface area contributed by atoms with E-state index in [0.29, 0.717) is 11.1 Å². The lowest BCUT2D eigenvalue weighted by Gasteiger charge is -2.17. The molecule has 0 spiro atoms. The van der Waals surface area contributed by atoms with Crippen molar-refractivity contribution in [3.8, 4) is 0 Å². The van der Waals surface area contributed by atoms with Crippen LogP contribution in [0.3, 0.4) is 0 Å². The fraction of sp³-hybridized carbons (Fsp3) is 0.455. The van der Waals surface area contributed by atoms with Crippen molar-refractivity contribution >= 4 is 32.5 Å². The summed E-state index contributed by atoms with van der Waals surface area (Å²) in [5.74, 6) is 0. The molecule has 0 heterocycles. The van der Waals surface area contributed by atoms with E-state index in [2.05, 4.69) is 10.6 Å². The Hall–Kier alpha value is -0.890. The number of rotatable bonds is 7. The first kappa shape index (κ1) is 16.1. The molecular formula is C11H19IN4O. The molecule has 0 amide bonds. The number of nitrogens with one attached hydrogen (secondary N) is 4. The highest BCUT2D eigenvalue weighted by Crippen LogP contribution is 2.18. The van der Waals surface area contributed by atoms with Crippen molar-refractivity contribution in [2.24, 2.45) is 0 Å². The Labute approximate surface area is 116 Å². The molecule has 0 aliphatic rings. The number of hydrogen-bond donors (Lipinski definition) is 5. The van der Waals surface area contributed by atoms with Crippen molar-refractivity contribution in [1.82, 2.24) is 10.6 Å². The van der Waals surface area contributed by atoms with Gasteiger partial charge in [0, 0.05) is 42.9 Å². The molecule has 0 rings (SSSR count). The minimum absolute atomic E-state index is 0.256. The third-order valence-corrected chi connectivity index (χ3v) is 2.83. The maximum atomic E-state index is 10.2. The number of allylic oxidation sites excluding steroid dienone is 1. The first-order valence-electron chi connectivity index (χ1n) is 5.24. The van der Waals surface area contributed by atoms with Crippen molar-refractivity contribution in [1.29, 1.82) is 10.8 Å². The summed E-state index contributed by atoms with van der Waals surface area (Å²) in [6, 6.07) is 0. The van der Waals surface area contributed by atoms with Gasteiger partial charge < -0.3 is 21.1 Å². The van der Waals surface area contributed by atoms with Gasteiger partial charge in [0.15, 0.2) is 0 Å². The van der Waals surface area contributed by atoms with Crippen LogP contribution in [0.15, 0.2) is 23.0 Å². The lowest BCUT2D eigenvalue weighted by atomic mass is 10.0. The molecule has 5 N–H and O–H groups in total. The summed E-state index contributed by atoms with van der Waals surface area (Å²) < 4.78 is 0.256. The molecule has 17 heavy (non-hydrogen) atoms. The molecule has 96 valence electrons. The molecule has 0 aromatic heterocycles. The average molecular weight is 350 g/mol. The van der Waals surface area contributed by atoms with Gasteiger partial charge in [-0.2, -0.15) is 0 Å². The van der Waals surface area contributed by atoms with Crippen molar-refractivity contribution in [3.05, 3.63) is 23.0 Å². The SMILES string of the molecule is CCN/C=C(\C=N)C(O)/C(C(=N)I)=C(\C)NC. The molecule has 6 heteroatoms. The zero-order valence-corrected chi connectivity index (χ0v) is 12.4. The zero-order chi connectivity index (χ0) is 13.4. The van der Waals surface area contributed by atoms with Crippen LogP contribution in [-0.2, 0) is 0 Å². The minimum atomic E-state index is -0.969. The van der Waals surface area contributed by atoms with Gasteiger partial charge in [-0.3, -0.25) is 5.41 Å². The molecule has 0 bridgehead atoms. The highest BCUT2D eigenvalue weighted by Gasteiger charge is 2.19. The van der Waals surface area contributed by atoms with Gasteiger partial charge in [0.25, 0.3) is 0 Å². The third-order valence-electron chi connectivity index (χ3n) is 2.24. The van der Waals surface area contributed by atoms with Gasteiger partial charge in [0.05, 0.1) is 3.72 Å². The van der Waals surface area contributed by atoms with Crippen LogP contribution < -0.4 is 10.6 Å². The van der Waals surface area contributed by atoms with Gasteiger partial charge in [0.1, 0.15) is 6.10 Å². The highest BCUT2D eigenvalue weighted by atomic mass is 127. The van der Waals surface area contributed by atoms with Gasteiger partial charge in [0.2, 0.25) is 0 Å². The van der Waals surface area contributed by atoms with E-state index in [0.717, 1.165) is 18.5 Å². The van der Waals surface area contributed by atoms with Gasteiger partial charge in [-0.15, -0.1) is 0 Å². The first-order valence-corrected chi connectivity index (χ1v) is 6.32. The maximum Gasteiger partial charge on any atom is 0.111 e. The summed E-state index contributed by atoms with van der Waals surface area (Å²) in [6.45, 7) is 4.44. The molecule has 1 atom stereocenters. The van der Waals surface area contributed by atoms with Gasteiger partial charge in [-0.05, 0) is 36.4 Å². The normalized spacial score (nSPS) is 14.8. The summed E-state index contributed by atoms with van der Waals surface area (Å²) in [7, 11) is 1.74. The summed E-state index contributed by atoms with van der Waals surface area (Å²) in [6.07, 6.45) is 1.72. The predicted molar refractivity (Wildman–Crippen MR) is 80.1 cm³/mol. The number of aliphatic hydroxyl groups excluding tert-OH is 1. The lowest BCUT2D eigenvalue weighted by Crippen LogP contribution is -2.24. The first-order chi connectivity index (χ1) is 7.99. The van der Waals surface area contributed by atoms with E-state index in [1.807, 2.05) is 29.5 Å². The number of aliphatic hydroxyl groups is 1. The Morgan fingerprint density at radius 2 is 2.12 bits per heavy atom. The summed E-state index contributed by atoms with van der Waals surface area (Å²) in [5, 5.41) is 31.0. The predicted octanol–water partition coefficient (Wildman–Crippen LogP) is 1.40. The fourth-order valence-electron chi connectivity index (χ4n) is 1.21. The van der Waals surface area contributed by atoms with Crippen LogP contribution in [0.1, 0.15) is 13.8 Å². The average Bonchev–Trinajstić information content (AvgIpc) is 2.29. The van der Waals surface area contributed by atoms with Crippen LogP contribution in [0, 0.1) is 10.8 Å². The molecule has 0 aromatic carbocycles. The van der Waals surface area contributed by atoms with Crippen molar-refractivity contribution in [3.63, 3.8) is 0 Å². The van der Waals surface area contributed by atoms with Crippen LogP contribution in [0.5, 0.6) is 0 Å².